The average Bonchev–Trinajstić information content (AvgIpc) is 2.88. The van der Waals surface area contributed by atoms with E-state index in [0.29, 0.717) is 29.9 Å². The Morgan fingerprint density at radius 1 is 1.39 bits per heavy atom. The lowest BCUT2D eigenvalue weighted by atomic mass is 10.1. The fourth-order valence-corrected chi connectivity index (χ4v) is 3.16. The molecule has 1 aromatic heterocycles. The van der Waals surface area contributed by atoms with Crippen molar-refractivity contribution in [3.63, 3.8) is 0 Å². The lowest BCUT2D eigenvalue weighted by Crippen LogP contribution is -2.40. The third-order valence-electron chi connectivity index (χ3n) is 3.64. The van der Waals surface area contributed by atoms with E-state index in [-0.39, 0.29) is 24.2 Å². The molecule has 0 saturated carbocycles. The molecular weight excluding hydrogens is 366 g/mol. The number of aromatic nitrogens is 2. The molecule has 1 fully saturated rings. The van der Waals surface area contributed by atoms with E-state index in [2.05, 4.69) is 21.0 Å². The zero-order valence-corrected chi connectivity index (χ0v) is 15.2. The Hall–Kier alpha value is -1.57. The summed E-state index contributed by atoms with van der Waals surface area (Å²) in [5, 5.41) is 4.30. The highest BCUT2D eigenvalue weighted by molar-refractivity contribution is 9.10. The molecule has 0 aliphatic carbocycles. The number of carbonyl (C=O) groups excluding carboxylic acids is 2. The summed E-state index contributed by atoms with van der Waals surface area (Å²) < 4.78 is 12.6. The van der Waals surface area contributed by atoms with E-state index in [1.165, 1.54) is 6.20 Å². The van der Waals surface area contributed by atoms with Crippen molar-refractivity contribution in [1.82, 2.24) is 14.7 Å². The van der Waals surface area contributed by atoms with Crippen LogP contribution in [0.3, 0.4) is 0 Å². The van der Waals surface area contributed by atoms with Gasteiger partial charge in [-0.3, -0.25) is 4.68 Å². The first-order valence-electron chi connectivity index (χ1n) is 7.79. The first-order chi connectivity index (χ1) is 10.9. The van der Waals surface area contributed by atoms with Crippen LogP contribution >= 0.6 is 15.9 Å². The monoisotopic (exact) mass is 387 g/mol. The van der Waals surface area contributed by atoms with E-state index >= 15 is 0 Å². The van der Waals surface area contributed by atoms with Crippen molar-refractivity contribution in [2.75, 3.05) is 19.7 Å². The first-order valence-corrected chi connectivity index (χ1v) is 8.59. The number of esters is 1. The SMILES string of the molecule is CCOC(=O)c1cnn(C2CCN(C(=O)OC(C)C)CC2)c1Br. The molecule has 0 radical (unpaired) electrons. The van der Waals surface area contributed by atoms with Crippen LogP contribution in [0.1, 0.15) is 50.0 Å². The quantitative estimate of drug-likeness (QED) is 0.742. The van der Waals surface area contributed by atoms with Crippen LogP contribution in [0.4, 0.5) is 4.79 Å². The van der Waals surface area contributed by atoms with Crippen molar-refractivity contribution in [2.45, 2.75) is 45.8 Å². The second kappa shape index (κ2) is 7.81. The summed E-state index contributed by atoms with van der Waals surface area (Å²) in [7, 11) is 0. The largest absolute Gasteiger partial charge is 0.462 e. The van der Waals surface area contributed by atoms with Crippen LogP contribution in [-0.2, 0) is 9.47 Å². The normalized spacial score (nSPS) is 15.8. The predicted octanol–water partition coefficient (Wildman–Crippen LogP) is 3.00. The molecule has 2 rings (SSSR count). The summed E-state index contributed by atoms with van der Waals surface area (Å²) in [6.45, 7) is 6.98. The lowest BCUT2D eigenvalue weighted by Gasteiger charge is -2.32. The molecule has 0 aromatic carbocycles. The van der Waals surface area contributed by atoms with Crippen LogP contribution < -0.4 is 0 Å². The number of rotatable bonds is 4. The fraction of sp³-hybridized carbons (Fsp3) is 0.667. The highest BCUT2D eigenvalue weighted by Gasteiger charge is 2.28. The molecule has 0 spiro atoms. The van der Waals surface area contributed by atoms with Crippen molar-refractivity contribution < 1.29 is 19.1 Å². The molecule has 1 aliphatic rings. The minimum Gasteiger partial charge on any atom is -0.462 e. The number of carbonyl (C=O) groups is 2. The summed E-state index contributed by atoms with van der Waals surface area (Å²) in [6.07, 6.45) is 2.64. The zero-order chi connectivity index (χ0) is 17.0. The van der Waals surface area contributed by atoms with Gasteiger partial charge in [-0.15, -0.1) is 0 Å². The number of amides is 1. The molecule has 1 saturated heterocycles. The van der Waals surface area contributed by atoms with Gasteiger partial charge < -0.3 is 14.4 Å². The third kappa shape index (κ3) is 4.25. The highest BCUT2D eigenvalue weighted by atomic mass is 79.9. The number of piperidine rings is 1. The van der Waals surface area contributed by atoms with Gasteiger partial charge in [0.1, 0.15) is 10.2 Å². The summed E-state index contributed by atoms with van der Waals surface area (Å²) in [5.74, 6) is -0.386. The van der Waals surface area contributed by atoms with Crippen molar-refractivity contribution in [2.24, 2.45) is 0 Å². The van der Waals surface area contributed by atoms with Crippen LogP contribution in [0, 0.1) is 0 Å². The fourth-order valence-electron chi connectivity index (χ4n) is 2.52. The number of hydrogen-bond acceptors (Lipinski definition) is 5. The summed E-state index contributed by atoms with van der Waals surface area (Å²) in [6, 6.07) is 0.135. The standard InChI is InChI=1S/C15H22BrN3O4/c1-4-22-14(20)12-9-17-19(13(12)16)11-5-7-18(8-6-11)15(21)23-10(2)3/h9-11H,4-8H2,1-3H3. The van der Waals surface area contributed by atoms with Gasteiger partial charge in [-0.2, -0.15) is 5.10 Å². The Balaban J connectivity index is 1.98. The number of likely N-dealkylation sites (tertiary alicyclic amines) is 1. The third-order valence-corrected chi connectivity index (χ3v) is 4.43. The number of nitrogens with zero attached hydrogens (tertiary/aromatic N) is 3. The Kier molecular flexibility index (Phi) is 6.04. The van der Waals surface area contributed by atoms with Gasteiger partial charge in [0.25, 0.3) is 0 Å². The van der Waals surface area contributed by atoms with Crippen molar-refractivity contribution in [3.05, 3.63) is 16.4 Å². The minimum absolute atomic E-state index is 0.118. The molecule has 0 unspecified atom stereocenters. The molecule has 1 aliphatic heterocycles. The summed E-state index contributed by atoms with van der Waals surface area (Å²) in [4.78, 5) is 25.4. The van der Waals surface area contributed by atoms with E-state index < -0.39 is 0 Å². The van der Waals surface area contributed by atoms with Crippen molar-refractivity contribution in [3.8, 4) is 0 Å². The average molecular weight is 388 g/mol. The van der Waals surface area contributed by atoms with Gasteiger partial charge in [0.15, 0.2) is 0 Å². The van der Waals surface area contributed by atoms with Crippen LogP contribution in [0.25, 0.3) is 0 Å². The lowest BCUT2D eigenvalue weighted by molar-refractivity contribution is 0.0525. The number of halogens is 1. The topological polar surface area (TPSA) is 73.7 Å². The number of ether oxygens (including phenoxy) is 2. The molecule has 2 heterocycles. The first kappa shape index (κ1) is 17.8. The molecule has 8 heteroatoms. The highest BCUT2D eigenvalue weighted by Crippen LogP contribution is 2.28. The molecule has 0 N–H and O–H groups in total. The van der Waals surface area contributed by atoms with Gasteiger partial charge >= 0.3 is 12.1 Å². The van der Waals surface area contributed by atoms with Gasteiger partial charge in [-0.1, -0.05) is 0 Å². The van der Waals surface area contributed by atoms with E-state index in [9.17, 15) is 9.59 Å². The molecule has 1 amide bonds. The summed E-state index contributed by atoms with van der Waals surface area (Å²) >= 11 is 3.43. The zero-order valence-electron chi connectivity index (χ0n) is 13.6. The van der Waals surface area contributed by atoms with Crippen molar-refractivity contribution >= 4 is 28.0 Å². The maximum Gasteiger partial charge on any atom is 0.410 e. The minimum atomic E-state index is -0.386. The van der Waals surface area contributed by atoms with E-state index in [1.54, 1.807) is 16.5 Å². The molecule has 0 bridgehead atoms. The Morgan fingerprint density at radius 3 is 2.61 bits per heavy atom. The van der Waals surface area contributed by atoms with Crippen LogP contribution in [0.15, 0.2) is 10.8 Å². The van der Waals surface area contributed by atoms with Crippen LogP contribution in [-0.4, -0.2) is 52.5 Å². The Morgan fingerprint density at radius 2 is 2.04 bits per heavy atom. The molecule has 7 nitrogen and oxygen atoms in total. The molecule has 128 valence electrons. The summed E-state index contributed by atoms with van der Waals surface area (Å²) in [5.41, 5.74) is 0.425. The second-order valence-electron chi connectivity index (χ2n) is 5.66. The number of hydrogen-bond donors (Lipinski definition) is 0. The van der Waals surface area contributed by atoms with Gasteiger partial charge in [0.05, 0.1) is 24.9 Å². The van der Waals surface area contributed by atoms with Gasteiger partial charge in [0, 0.05) is 13.1 Å². The molecule has 1 aromatic rings. The van der Waals surface area contributed by atoms with Crippen molar-refractivity contribution in [1.29, 1.82) is 0 Å². The molecular formula is C15H22BrN3O4. The maximum absolute atomic E-state index is 11.9. The molecule has 0 atom stereocenters. The maximum atomic E-state index is 11.9. The van der Waals surface area contributed by atoms with E-state index in [1.807, 2.05) is 13.8 Å². The van der Waals surface area contributed by atoms with Crippen LogP contribution in [0.5, 0.6) is 0 Å². The van der Waals surface area contributed by atoms with Gasteiger partial charge in [-0.05, 0) is 49.5 Å². The Bertz CT molecular complexity index is 565. The van der Waals surface area contributed by atoms with Crippen LogP contribution in [0.2, 0.25) is 0 Å². The van der Waals surface area contributed by atoms with Gasteiger partial charge in [0.2, 0.25) is 0 Å². The van der Waals surface area contributed by atoms with E-state index in [0.717, 1.165) is 12.8 Å². The smallest absolute Gasteiger partial charge is 0.410 e. The second-order valence-corrected chi connectivity index (χ2v) is 6.42. The van der Waals surface area contributed by atoms with E-state index in [4.69, 9.17) is 9.47 Å². The molecule has 23 heavy (non-hydrogen) atoms. The van der Waals surface area contributed by atoms with Gasteiger partial charge in [-0.25, -0.2) is 9.59 Å². The predicted molar refractivity (Wildman–Crippen MR) is 87.3 cm³/mol. The Labute approximate surface area is 144 Å².